The fourth-order valence-corrected chi connectivity index (χ4v) is 4.15. The lowest BCUT2D eigenvalue weighted by atomic mass is 9.63. The minimum absolute atomic E-state index is 0.279. The Kier molecular flexibility index (Phi) is 6.26. The predicted octanol–water partition coefficient (Wildman–Crippen LogP) is 4.55. The van der Waals surface area contributed by atoms with Crippen LogP contribution in [0.5, 0.6) is 5.75 Å². The minimum atomic E-state index is 0.279. The van der Waals surface area contributed by atoms with E-state index in [1.807, 2.05) is 42.5 Å². The van der Waals surface area contributed by atoms with Gasteiger partial charge in [0.05, 0.1) is 0 Å². The number of phenolic OH excluding ortho intramolecular Hbond substituents is 1. The van der Waals surface area contributed by atoms with E-state index in [1.54, 1.807) is 12.1 Å². The topological polar surface area (TPSA) is 72.3 Å². The maximum atomic E-state index is 9.10. The summed E-state index contributed by atoms with van der Waals surface area (Å²) in [6.07, 6.45) is 3.44. The van der Waals surface area contributed by atoms with Gasteiger partial charge in [0.1, 0.15) is 5.75 Å². The van der Waals surface area contributed by atoms with Gasteiger partial charge in [-0.15, -0.1) is 0 Å². The molecule has 25 heavy (non-hydrogen) atoms. The van der Waals surface area contributed by atoms with E-state index in [9.17, 15) is 0 Å². The number of aromatic hydroxyl groups is 1. The number of phenols is 1. The fraction of sp³-hybridized carbons (Fsp3) is 0.455. The SMILES string of the molecule is CC1(C)CC(N)CC(C)(CN)C1.Oc1ccc(-c2ccccc2)cc1. The lowest BCUT2D eigenvalue weighted by molar-refractivity contribution is 0.0904. The quantitative estimate of drug-likeness (QED) is 0.751. The maximum Gasteiger partial charge on any atom is 0.115 e. The van der Waals surface area contributed by atoms with Crippen LogP contribution >= 0.6 is 0 Å². The number of nitrogens with two attached hydrogens (primary N) is 2. The van der Waals surface area contributed by atoms with E-state index in [-0.39, 0.29) is 5.41 Å². The number of rotatable bonds is 2. The Morgan fingerprint density at radius 2 is 1.48 bits per heavy atom. The zero-order valence-corrected chi connectivity index (χ0v) is 15.7. The third kappa shape index (κ3) is 5.87. The third-order valence-corrected chi connectivity index (χ3v) is 4.94. The summed E-state index contributed by atoms with van der Waals surface area (Å²) in [5.74, 6) is 0.305. The number of hydrogen-bond acceptors (Lipinski definition) is 3. The van der Waals surface area contributed by atoms with Crippen molar-refractivity contribution in [2.24, 2.45) is 22.3 Å². The molecule has 3 nitrogen and oxygen atoms in total. The molecular formula is C22H32N2O. The van der Waals surface area contributed by atoms with Gasteiger partial charge in [0, 0.05) is 6.04 Å². The van der Waals surface area contributed by atoms with Crippen LogP contribution in [0.15, 0.2) is 54.6 Å². The molecule has 2 atom stereocenters. The zero-order chi connectivity index (χ0) is 18.5. The Bertz CT molecular complexity index is 651. The normalized spacial score (nSPS) is 24.9. The van der Waals surface area contributed by atoms with Crippen LogP contribution in [0.25, 0.3) is 11.1 Å². The van der Waals surface area contributed by atoms with E-state index < -0.39 is 0 Å². The van der Waals surface area contributed by atoms with Crippen LogP contribution in [0.2, 0.25) is 0 Å². The van der Waals surface area contributed by atoms with E-state index in [0.717, 1.165) is 24.9 Å². The largest absolute Gasteiger partial charge is 0.508 e. The van der Waals surface area contributed by atoms with Crippen LogP contribution in [-0.4, -0.2) is 17.7 Å². The Balaban J connectivity index is 0.000000181. The smallest absolute Gasteiger partial charge is 0.115 e. The molecule has 2 aromatic rings. The molecule has 2 unspecified atom stereocenters. The Morgan fingerprint density at radius 3 is 2.00 bits per heavy atom. The first kappa shape index (κ1) is 19.5. The van der Waals surface area contributed by atoms with Gasteiger partial charge in [0.2, 0.25) is 0 Å². The van der Waals surface area contributed by atoms with Crippen LogP contribution in [0.3, 0.4) is 0 Å². The molecule has 5 N–H and O–H groups in total. The first-order chi connectivity index (χ1) is 11.7. The molecule has 3 heteroatoms. The minimum Gasteiger partial charge on any atom is -0.508 e. The van der Waals surface area contributed by atoms with Crippen molar-refractivity contribution in [2.75, 3.05) is 6.54 Å². The van der Waals surface area contributed by atoms with E-state index in [0.29, 0.717) is 17.2 Å². The Hall–Kier alpha value is -1.84. The molecular weight excluding hydrogens is 308 g/mol. The van der Waals surface area contributed by atoms with Crippen molar-refractivity contribution in [2.45, 2.75) is 46.1 Å². The monoisotopic (exact) mass is 340 g/mol. The molecule has 136 valence electrons. The zero-order valence-electron chi connectivity index (χ0n) is 15.7. The molecule has 1 aliphatic rings. The van der Waals surface area contributed by atoms with Gasteiger partial charge in [0.15, 0.2) is 0 Å². The van der Waals surface area contributed by atoms with Crippen molar-refractivity contribution in [3.63, 3.8) is 0 Å². The van der Waals surface area contributed by atoms with Crippen molar-refractivity contribution in [3.8, 4) is 16.9 Å². The first-order valence-electron chi connectivity index (χ1n) is 9.03. The van der Waals surface area contributed by atoms with E-state index >= 15 is 0 Å². The highest BCUT2D eigenvalue weighted by molar-refractivity contribution is 5.63. The Morgan fingerprint density at radius 1 is 0.920 bits per heavy atom. The molecule has 0 aliphatic heterocycles. The molecule has 1 saturated carbocycles. The van der Waals surface area contributed by atoms with Gasteiger partial charge in [-0.1, -0.05) is 63.2 Å². The third-order valence-electron chi connectivity index (χ3n) is 4.94. The maximum absolute atomic E-state index is 9.10. The van der Waals surface area contributed by atoms with Gasteiger partial charge in [-0.05, 0) is 59.9 Å². The lowest BCUT2D eigenvalue weighted by Crippen LogP contribution is -2.45. The highest BCUT2D eigenvalue weighted by Gasteiger charge is 2.38. The van der Waals surface area contributed by atoms with Crippen LogP contribution in [-0.2, 0) is 0 Å². The van der Waals surface area contributed by atoms with Crippen LogP contribution < -0.4 is 11.5 Å². The van der Waals surface area contributed by atoms with Gasteiger partial charge < -0.3 is 16.6 Å². The van der Waals surface area contributed by atoms with Gasteiger partial charge in [-0.2, -0.15) is 0 Å². The molecule has 0 radical (unpaired) electrons. The first-order valence-corrected chi connectivity index (χ1v) is 9.03. The van der Waals surface area contributed by atoms with Crippen LogP contribution in [0.4, 0.5) is 0 Å². The fourth-order valence-electron chi connectivity index (χ4n) is 4.15. The van der Waals surface area contributed by atoms with Gasteiger partial charge in [-0.3, -0.25) is 0 Å². The number of hydrogen-bond donors (Lipinski definition) is 3. The summed E-state index contributed by atoms with van der Waals surface area (Å²) >= 11 is 0. The van der Waals surface area contributed by atoms with Gasteiger partial charge in [-0.25, -0.2) is 0 Å². The van der Waals surface area contributed by atoms with E-state index in [1.165, 1.54) is 12.0 Å². The second-order valence-corrected chi connectivity index (χ2v) is 8.44. The molecule has 0 aromatic heterocycles. The van der Waals surface area contributed by atoms with Gasteiger partial charge >= 0.3 is 0 Å². The molecule has 0 amide bonds. The average molecular weight is 341 g/mol. The second kappa shape index (κ2) is 8.03. The van der Waals surface area contributed by atoms with Crippen molar-refractivity contribution in [3.05, 3.63) is 54.6 Å². The highest BCUT2D eigenvalue weighted by Crippen LogP contribution is 2.44. The van der Waals surface area contributed by atoms with E-state index in [2.05, 4.69) is 20.8 Å². The van der Waals surface area contributed by atoms with Crippen molar-refractivity contribution >= 4 is 0 Å². The molecule has 0 saturated heterocycles. The molecule has 1 fully saturated rings. The van der Waals surface area contributed by atoms with Gasteiger partial charge in [0.25, 0.3) is 0 Å². The predicted molar refractivity (Wildman–Crippen MR) is 106 cm³/mol. The molecule has 3 rings (SSSR count). The van der Waals surface area contributed by atoms with Crippen molar-refractivity contribution < 1.29 is 5.11 Å². The summed E-state index contributed by atoms with van der Waals surface area (Å²) in [5.41, 5.74) is 14.7. The van der Waals surface area contributed by atoms with Crippen LogP contribution in [0.1, 0.15) is 40.0 Å². The second-order valence-electron chi connectivity index (χ2n) is 8.44. The summed E-state index contributed by atoms with van der Waals surface area (Å²) in [4.78, 5) is 0. The van der Waals surface area contributed by atoms with Crippen molar-refractivity contribution in [1.82, 2.24) is 0 Å². The lowest BCUT2D eigenvalue weighted by Gasteiger charge is -2.45. The summed E-state index contributed by atoms with van der Waals surface area (Å²) in [7, 11) is 0. The average Bonchev–Trinajstić information content (AvgIpc) is 2.55. The summed E-state index contributed by atoms with van der Waals surface area (Å²) in [6, 6.07) is 17.6. The number of benzene rings is 2. The Labute approximate surface area is 152 Å². The molecule has 0 spiro atoms. The molecule has 2 aromatic carbocycles. The molecule has 1 aliphatic carbocycles. The standard InChI is InChI=1S/C12H10O.C10H22N2/c13-12-8-6-11(7-9-12)10-4-2-1-3-5-10;1-9(2)4-8(12)5-10(3,6-9)7-11/h1-9,13H;8H,4-7,11-12H2,1-3H3. The van der Waals surface area contributed by atoms with Crippen LogP contribution in [0, 0.1) is 10.8 Å². The molecule has 0 heterocycles. The summed E-state index contributed by atoms with van der Waals surface area (Å²) < 4.78 is 0. The summed E-state index contributed by atoms with van der Waals surface area (Å²) in [5, 5.41) is 9.10. The van der Waals surface area contributed by atoms with Crippen molar-refractivity contribution in [1.29, 1.82) is 0 Å². The summed E-state index contributed by atoms with van der Waals surface area (Å²) in [6.45, 7) is 7.61. The molecule has 0 bridgehead atoms. The highest BCUT2D eigenvalue weighted by atomic mass is 16.3. The van der Waals surface area contributed by atoms with E-state index in [4.69, 9.17) is 16.6 Å².